The molecule has 3 heterocycles. The summed E-state index contributed by atoms with van der Waals surface area (Å²) in [6.45, 7) is 2.66. The van der Waals surface area contributed by atoms with Crippen LogP contribution in [0.1, 0.15) is 41.2 Å². The van der Waals surface area contributed by atoms with E-state index in [2.05, 4.69) is 25.9 Å². The number of anilines is 1. The molecule has 0 saturated carbocycles. The molecule has 1 amide bonds. The fourth-order valence-corrected chi connectivity index (χ4v) is 1.96. The number of amides is 1. The number of carbonyl (C=O) groups excluding carboxylic acids is 1. The molecular formula is C11H13N5O3. The van der Waals surface area contributed by atoms with Gasteiger partial charge in [0.05, 0.1) is 6.04 Å². The Bertz CT molecular complexity index is 585. The lowest BCUT2D eigenvalue weighted by Crippen LogP contribution is -2.15. The third kappa shape index (κ3) is 2.48. The van der Waals surface area contributed by atoms with Crippen LogP contribution in [0.2, 0.25) is 0 Å². The molecule has 2 aromatic heterocycles. The van der Waals surface area contributed by atoms with E-state index in [0.29, 0.717) is 17.5 Å². The summed E-state index contributed by atoms with van der Waals surface area (Å²) in [6, 6.07) is 1.65. The zero-order chi connectivity index (χ0) is 13.2. The second-order valence-electron chi connectivity index (χ2n) is 4.38. The zero-order valence-corrected chi connectivity index (χ0v) is 10.3. The summed E-state index contributed by atoms with van der Waals surface area (Å²) < 4.78 is 9.93. The van der Waals surface area contributed by atoms with Gasteiger partial charge in [-0.2, -0.15) is 4.98 Å². The quantitative estimate of drug-likeness (QED) is 0.852. The highest BCUT2D eigenvalue weighted by molar-refractivity contribution is 6.00. The summed E-state index contributed by atoms with van der Waals surface area (Å²) in [5.74, 6) is 0.900. The number of nitrogens with zero attached hydrogens (tertiary/aromatic N) is 3. The van der Waals surface area contributed by atoms with Crippen molar-refractivity contribution in [2.75, 3.05) is 11.9 Å². The van der Waals surface area contributed by atoms with E-state index in [9.17, 15) is 4.79 Å². The molecule has 0 radical (unpaired) electrons. The van der Waals surface area contributed by atoms with Gasteiger partial charge in [0.2, 0.25) is 5.89 Å². The van der Waals surface area contributed by atoms with Gasteiger partial charge < -0.3 is 19.7 Å². The Morgan fingerprint density at radius 1 is 1.47 bits per heavy atom. The Morgan fingerprint density at radius 3 is 3.05 bits per heavy atom. The molecule has 1 atom stereocenters. The highest BCUT2D eigenvalue weighted by Gasteiger charge is 2.24. The minimum atomic E-state index is -0.471. The van der Waals surface area contributed by atoms with Crippen molar-refractivity contribution in [1.29, 1.82) is 0 Å². The maximum atomic E-state index is 11.9. The minimum Gasteiger partial charge on any atom is -0.360 e. The standard InChI is InChI=1S/C11H13N5O3/c1-6-5-8(15-18-6)13-10(17)9-14-11(19-16-9)7-3-2-4-12-7/h5,7,12H,2-4H2,1H3,(H,13,15,17). The van der Waals surface area contributed by atoms with Gasteiger partial charge in [-0.15, -0.1) is 0 Å². The molecular weight excluding hydrogens is 250 g/mol. The molecule has 2 aromatic rings. The molecule has 100 valence electrons. The number of aryl methyl sites for hydroxylation is 1. The van der Waals surface area contributed by atoms with Crippen LogP contribution in [-0.4, -0.2) is 27.7 Å². The van der Waals surface area contributed by atoms with E-state index in [0.717, 1.165) is 19.4 Å². The molecule has 1 aliphatic heterocycles. The minimum absolute atomic E-state index is 0.00986. The summed E-state index contributed by atoms with van der Waals surface area (Å²) in [7, 11) is 0. The predicted molar refractivity (Wildman–Crippen MR) is 63.5 cm³/mol. The summed E-state index contributed by atoms with van der Waals surface area (Å²) in [4.78, 5) is 15.9. The van der Waals surface area contributed by atoms with Crippen LogP contribution >= 0.6 is 0 Å². The van der Waals surface area contributed by atoms with Gasteiger partial charge in [0.25, 0.3) is 11.7 Å². The SMILES string of the molecule is Cc1cc(NC(=O)c2noc(C3CCCN3)n2)no1. The van der Waals surface area contributed by atoms with Gasteiger partial charge in [-0.05, 0) is 26.3 Å². The van der Waals surface area contributed by atoms with Gasteiger partial charge in [0.1, 0.15) is 5.76 Å². The number of rotatable bonds is 3. The topological polar surface area (TPSA) is 106 Å². The molecule has 19 heavy (non-hydrogen) atoms. The second-order valence-corrected chi connectivity index (χ2v) is 4.38. The summed E-state index contributed by atoms with van der Waals surface area (Å²) >= 11 is 0. The van der Waals surface area contributed by atoms with Crippen molar-refractivity contribution in [3.05, 3.63) is 23.5 Å². The van der Waals surface area contributed by atoms with Gasteiger partial charge >= 0.3 is 0 Å². The largest absolute Gasteiger partial charge is 0.360 e. The van der Waals surface area contributed by atoms with Crippen LogP contribution in [0.3, 0.4) is 0 Å². The third-order valence-corrected chi connectivity index (χ3v) is 2.87. The van der Waals surface area contributed by atoms with Crippen LogP contribution in [0.4, 0.5) is 5.82 Å². The summed E-state index contributed by atoms with van der Waals surface area (Å²) in [5.41, 5.74) is 0. The van der Waals surface area contributed by atoms with E-state index in [-0.39, 0.29) is 11.9 Å². The van der Waals surface area contributed by atoms with Crippen LogP contribution in [0.15, 0.2) is 15.1 Å². The number of nitrogens with one attached hydrogen (secondary N) is 2. The predicted octanol–water partition coefficient (Wildman–Crippen LogP) is 1.04. The average molecular weight is 263 g/mol. The lowest BCUT2D eigenvalue weighted by Gasteiger charge is -2.01. The second kappa shape index (κ2) is 4.81. The van der Waals surface area contributed by atoms with Crippen LogP contribution in [-0.2, 0) is 0 Å². The Balaban J connectivity index is 1.69. The highest BCUT2D eigenvalue weighted by Crippen LogP contribution is 2.21. The number of hydrogen-bond acceptors (Lipinski definition) is 7. The molecule has 0 aromatic carbocycles. The maximum absolute atomic E-state index is 11.9. The molecule has 1 unspecified atom stereocenters. The smallest absolute Gasteiger partial charge is 0.298 e. The van der Waals surface area contributed by atoms with E-state index >= 15 is 0 Å². The number of hydrogen-bond donors (Lipinski definition) is 2. The van der Waals surface area contributed by atoms with Crippen molar-refractivity contribution in [1.82, 2.24) is 20.6 Å². The molecule has 2 N–H and O–H groups in total. The summed E-state index contributed by atoms with van der Waals surface area (Å²) in [6.07, 6.45) is 2.00. The highest BCUT2D eigenvalue weighted by atomic mass is 16.5. The van der Waals surface area contributed by atoms with Gasteiger partial charge in [0, 0.05) is 6.07 Å². The first-order chi connectivity index (χ1) is 9.22. The molecule has 8 heteroatoms. The van der Waals surface area contributed by atoms with Crippen molar-refractivity contribution in [3.63, 3.8) is 0 Å². The van der Waals surface area contributed by atoms with Crippen LogP contribution < -0.4 is 10.6 Å². The monoisotopic (exact) mass is 263 g/mol. The number of carbonyl (C=O) groups is 1. The van der Waals surface area contributed by atoms with Crippen molar-refractivity contribution in [2.24, 2.45) is 0 Å². The first-order valence-electron chi connectivity index (χ1n) is 6.04. The van der Waals surface area contributed by atoms with Crippen molar-refractivity contribution in [3.8, 4) is 0 Å². The molecule has 3 rings (SSSR count). The van der Waals surface area contributed by atoms with Gasteiger partial charge in [-0.3, -0.25) is 4.79 Å². The van der Waals surface area contributed by atoms with Gasteiger partial charge in [-0.1, -0.05) is 10.3 Å². The van der Waals surface area contributed by atoms with Gasteiger partial charge in [0.15, 0.2) is 5.82 Å². The van der Waals surface area contributed by atoms with Crippen LogP contribution in [0, 0.1) is 6.92 Å². The first-order valence-corrected chi connectivity index (χ1v) is 6.04. The zero-order valence-electron chi connectivity index (χ0n) is 10.3. The Kier molecular flexibility index (Phi) is 3.00. The fraction of sp³-hybridized carbons (Fsp3) is 0.455. The van der Waals surface area contributed by atoms with E-state index in [4.69, 9.17) is 9.05 Å². The summed E-state index contributed by atoms with van der Waals surface area (Å²) in [5, 5.41) is 13.1. The Hall–Kier alpha value is -2.22. The molecule has 0 spiro atoms. The third-order valence-electron chi connectivity index (χ3n) is 2.87. The molecule has 0 bridgehead atoms. The average Bonchev–Trinajstić information content (AvgIpc) is 3.08. The van der Waals surface area contributed by atoms with E-state index in [1.165, 1.54) is 0 Å². The van der Waals surface area contributed by atoms with Crippen molar-refractivity contribution >= 4 is 11.7 Å². The molecule has 0 aliphatic carbocycles. The lowest BCUT2D eigenvalue weighted by atomic mass is 10.2. The molecule has 8 nitrogen and oxygen atoms in total. The van der Waals surface area contributed by atoms with Crippen molar-refractivity contribution in [2.45, 2.75) is 25.8 Å². The first kappa shape index (κ1) is 11.8. The molecule has 1 fully saturated rings. The van der Waals surface area contributed by atoms with E-state index < -0.39 is 5.91 Å². The molecule has 1 saturated heterocycles. The van der Waals surface area contributed by atoms with E-state index in [1.54, 1.807) is 13.0 Å². The fourth-order valence-electron chi connectivity index (χ4n) is 1.96. The Morgan fingerprint density at radius 2 is 2.37 bits per heavy atom. The van der Waals surface area contributed by atoms with Crippen molar-refractivity contribution < 1.29 is 13.8 Å². The van der Waals surface area contributed by atoms with Crippen LogP contribution in [0.25, 0.3) is 0 Å². The number of aromatic nitrogens is 3. The maximum Gasteiger partial charge on any atom is 0.298 e. The van der Waals surface area contributed by atoms with E-state index in [1.807, 2.05) is 0 Å². The lowest BCUT2D eigenvalue weighted by molar-refractivity contribution is 0.101. The van der Waals surface area contributed by atoms with Gasteiger partial charge in [-0.25, -0.2) is 0 Å². The Labute approximate surface area is 108 Å². The molecule has 1 aliphatic rings. The van der Waals surface area contributed by atoms with Crippen LogP contribution in [0.5, 0.6) is 0 Å². The normalized spacial score (nSPS) is 18.7.